The standard InChI is InChI=1S/C9H14O2/c10-7-3-5-8-4-1-2-6-9(8)11/h8-11H,1-2,4,6-7H2/t8-,9+/m0/s1. The molecule has 0 heterocycles. The van der Waals surface area contributed by atoms with Crippen LogP contribution in [0.3, 0.4) is 0 Å². The minimum Gasteiger partial charge on any atom is -0.392 e. The molecule has 0 radical (unpaired) electrons. The van der Waals surface area contributed by atoms with Gasteiger partial charge < -0.3 is 10.2 Å². The van der Waals surface area contributed by atoms with Gasteiger partial charge in [-0.25, -0.2) is 0 Å². The van der Waals surface area contributed by atoms with Gasteiger partial charge in [0.25, 0.3) is 0 Å². The molecule has 11 heavy (non-hydrogen) atoms. The van der Waals surface area contributed by atoms with Gasteiger partial charge in [0.1, 0.15) is 6.61 Å². The Morgan fingerprint density at radius 3 is 2.64 bits per heavy atom. The second-order valence-electron chi connectivity index (χ2n) is 2.94. The summed E-state index contributed by atoms with van der Waals surface area (Å²) in [5.74, 6) is 5.57. The summed E-state index contributed by atoms with van der Waals surface area (Å²) in [6, 6.07) is 0. The van der Waals surface area contributed by atoms with Crippen LogP contribution in [0.15, 0.2) is 0 Å². The van der Waals surface area contributed by atoms with Gasteiger partial charge in [0.15, 0.2) is 0 Å². The largest absolute Gasteiger partial charge is 0.392 e. The van der Waals surface area contributed by atoms with E-state index in [1.54, 1.807) is 0 Å². The Balaban J connectivity index is 2.41. The molecule has 0 bridgehead atoms. The molecule has 62 valence electrons. The zero-order valence-corrected chi connectivity index (χ0v) is 6.58. The van der Waals surface area contributed by atoms with E-state index >= 15 is 0 Å². The molecule has 1 fully saturated rings. The maximum atomic E-state index is 9.41. The Bertz CT molecular complexity index is 166. The number of hydrogen-bond donors (Lipinski definition) is 2. The molecule has 1 aliphatic carbocycles. The van der Waals surface area contributed by atoms with Crippen LogP contribution in [0.1, 0.15) is 25.7 Å². The van der Waals surface area contributed by atoms with Crippen LogP contribution in [0.2, 0.25) is 0 Å². The molecule has 0 unspecified atom stereocenters. The monoisotopic (exact) mass is 154 g/mol. The van der Waals surface area contributed by atoms with E-state index < -0.39 is 0 Å². The maximum absolute atomic E-state index is 9.41. The molecule has 0 amide bonds. The molecule has 1 saturated carbocycles. The first-order chi connectivity index (χ1) is 5.34. The van der Waals surface area contributed by atoms with Crippen molar-refractivity contribution >= 4 is 0 Å². The van der Waals surface area contributed by atoms with E-state index in [9.17, 15) is 5.11 Å². The number of aliphatic hydroxyl groups excluding tert-OH is 2. The molecule has 2 heteroatoms. The molecule has 1 aliphatic rings. The van der Waals surface area contributed by atoms with Gasteiger partial charge in [0.2, 0.25) is 0 Å². The normalized spacial score (nSPS) is 30.7. The average Bonchev–Trinajstić information content (AvgIpc) is 2.03. The molecular weight excluding hydrogens is 140 g/mol. The van der Waals surface area contributed by atoms with Gasteiger partial charge in [-0.2, -0.15) is 0 Å². The molecule has 0 aromatic carbocycles. The quantitative estimate of drug-likeness (QED) is 0.500. The summed E-state index contributed by atoms with van der Waals surface area (Å²) < 4.78 is 0. The van der Waals surface area contributed by atoms with Crippen molar-refractivity contribution in [1.82, 2.24) is 0 Å². The smallest absolute Gasteiger partial charge is 0.104 e. The summed E-state index contributed by atoms with van der Waals surface area (Å²) in [6.07, 6.45) is 3.85. The van der Waals surface area contributed by atoms with Gasteiger partial charge in [-0.3, -0.25) is 0 Å². The van der Waals surface area contributed by atoms with Gasteiger partial charge in [0, 0.05) is 5.92 Å². The fourth-order valence-corrected chi connectivity index (χ4v) is 1.46. The Morgan fingerprint density at radius 1 is 1.27 bits per heavy atom. The first kappa shape index (κ1) is 8.58. The second-order valence-corrected chi connectivity index (χ2v) is 2.94. The number of aliphatic hydroxyl groups is 2. The van der Waals surface area contributed by atoms with E-state index in [1.165, 1.54) is 0 Å². The Kier molecular flexibility index (Phi) is 3.41. The van der Waals surface area contributed by atoms with E-state index in [1.807, 2.05) is 0 Å². The number of hydrogen-bond acceptors (Lipinski definition) is 2. The Hall–Kier alpha value is -0.520. The highest BCUT2D eigenvalue weighted by Gasteiger charge is 2.20. The predicted octanol–water partition coefficient (Wildman–Crippen LogP) is 0.533. The highest BCUT2D eigenvalue weighted by molar-refractivity contribution is 5.06. The van der Waals surface area contributed by atoms with Crippen molar-refractivity contribution in [2.24, 2.45) is 5.92 Å². The minimum atomic E-state index is -0.261. The lowest BCUT2D eigenvalue weighted by molar-refractivity contribution is 0.0969. The van der Waals surface area contributed by atoms with Gasteiger partial charge in [-0.05, 0) is 12.8 Å². The molecule has 0 aromatic rings. The zero-order chi connectivity index (χ0) is 8.10. The molecule has 2 N–H and O–H groups in total. The third-order valence-corrected chi connectivity index (χ3v) is 2.10. The van der Waals surface area contributed by atoms with Crippen molar-refractivity contribution in [2.75, 3.05) is 6.61 Å². The van der Waals surface area contributed by atoms with E-state index in [-0.39, 0.29) is 18.6 Å². The highest BCUT2D eigenvalue weighted by atomic mass is 16.3. The van der Waals surface area contributed by atoms with Crippen LogP contribution in [0.25, 0.3) is 0 Å². The first-order valence-electron chi connectivity index (χ1n) is 4.12. The average molecular weight is 154 g/mol. The fourth-order valence-electron chi connectivity index (χ4n) is 1.46. The molecule has 2 nitrogen and oxygen atoms in total. The molecule has 0 aliphatic heterocycles. The summed E-state index contributed by atoms with van der Waals surface area (Å²) >= 11 is 0. The van der Waals surface area contributed by atoms with Crippen LogP contribution in [-0.4, -0.2) is 22.9 Å². The predicted molar refractivity (Wildman–Crippen MR) is 42.8 cm³/mol. The summed E-state index contributed by atoms with van der Waals surface area (Å²) in [5.41, 5.74) is 0. The fraction of sp³-hybridized carbons (Fsp3) is 0.778. The Morgan fingerprint density at radius 2 is 2.00 bits per heavy atom. The Labute approximate surface area is 67.2 Å². The molecule has 0 aromatic heterocycles. The van der Waals surface area contributed by atoms with Crippen molar-refractivity contribution < 1.29 is 10.2 Å². The lowest BCUT2D eigenvalue weighted by Crippen LogP contribution is -2.22. The molecule has 0 saturated heterocycles. The van der Waals surface area contributed by atoms with Gasteiger partial charge in [-0.15, -0.1) is 0 Å². The zero-order valence-electron chi connectivity index (χ0n) is 6.58. The molecular formula is C9H14O2. The second kappa shape index (κ2) is 4.38. The summed E-state index contributed by atoms with van der Waals surface area (Å²) in [7, 11) is 0. The minimum absolute atomic E-state index is 0.0940. The first-order valence-corrected chi connectivity index (χ1v) is 4.12. The SMILES string of the molecule is OCC#C[C@@H]1CCCC[C@H]1O. The third kappa shape index (κ3) is 2.53. The van der Waals surface area contributed by atoms with Crippen molar-refractivity contribution in [3.05, 3.63) is 0 Å². The molecule has 1 rings (SSSR count). The summed E-state index contributed by atoms with van der Waals surface area (Å²) in [5, 5.41) is 17.8. The molecule has 0 spiro atoms. The van der Waals surface area contributed by atoms with E-state index in [4.69, 9.17) is 5.11 Å². The summed E-state index contributed by atoms with van der Waals surface area (Å²) in [6.45, 7) is -0.0940. The lowest BCUT2D eigenvalue weighted by Gasteiger charge is -2.22. The third-order valence-electron chi connectivity index (χ3n) is 2.10. The van der Waals surface area contributed by atoms with Gasteiger partial charge >= 0.3 is 0 Å². The van der Waals surface area contributed by atoms with Crippen molar-refractivity contribution in [2.45, 2.75) is 31.8 Å². The van der Waals surface area contributed by atoms with Gasteiger partial charge in [-0.1, -0.05) is 24.7 Å². The summed E-state index contributed by atoms with van der Waals surface area (Å²) in [4.78, 5) is 0. The van der Waals surface area contributed by atoms with Crippen LogP contribution in [0.4, 0.5) is 0 Å². The van der Waals surface area contributed by atoms with Crippen LogP contribution in [-0.2, 0) is 0 Å². The van der Waals surface area contributed by atoms with Crippen molar-refractivity contribution in [1.29, 1.82) is 0 Å². The van der Waals surface area contributed by atoms with Crippen molar-refractivity contribution in [3.63, 3.8) is 0 Å². The van der Waals surface area contributed by atoms with E-state index in [0.29, 0.717) is 0 Å². The topological polar surface area (TPSA) is 40.5 Å². The van der Waals surface area contributed by atoms with E-state index in [0.717, 1.165) is 25.7 Å². The van der Waals surface area contributed by atoms with E-state index in [2.05, 4.69) is 11.8 Å². The van der Waals surface area contributed by atoms with Crippen molar-refractivity contribution in [3.8, 4) is 11.8 Å². The van der Waals surface area contributed by atoms with Gasteiger partial charge in [0.05, 0.1) is 6.10 Å². The number of rotatable bonds is 0. The van der Waals surface area contributed by atoms with Crippen LogP contribution >= 0.6 is 0 Å². The van der Waals surface area contributed by atoms with Crippen LogP contribution in [0.5, 0.6) is 0 Å². The van der Waals surface area contributed by atoms with Crippen LogP contribution < -0.4 is 0 Å². The lowest BCUT2D eigenvalue weighted by atomic mass is 9.87. The molecule has 2 atom stereocenters. The van der Waals surface area contributed by atoms with Crippen LogP contribution in [0, 0.1) is 17.8 Å². The maximum Gasteiger partial charge on any atom is 0.104 e. The highest BCUT2D eigenvalue weighted by Crippen LogP contribution is 2.23.